The highest BCUT2D eigenvalue weighted by atomic mass is 32.2. The van der Waals surface area contributed by atoms with Gasteiger partial charge < -0.3 is 0 Å². The lowest BCUT2D eigenvalue weighted by molar-refractivity contribution is 1.06. The zero-order valence-corrected chi connectivity index (χ0v) is 10.6. The lowest BCUT2D eigenvalue weighted by atomic mass is 10.0. The molecule has 1 aliphatic heterocycles. The van der Waals surface area contributed by atoms with E-state index in [1.165, 1.54) is 25.6 Å². The zero-order valence-electron chi connectivity index (χ0n) is 9.01. The van der Waals surface area contributed by atoms with Gasteiger partial charge in [0.1, 0.15) is 0 Å². The van der Waals surface area contributed by atoms with Crippen LogP contribution in [0.4, 0.5) is 0 Å². The molecule has 3 heteroatoms. The maximum absolute atomic E-state index is 4.39. The molecule has 0 N–H and O–H groups in total. The van der Waals surface area contributed by atoms with E-state index in [1.807, 2.05) is 17.3 Å². The fourth-order valence-corrected chi connectivity index (χ4v) is 4.04. The monoisotopic (exact) mass is 255 g/mol. The van der Waals surface area contributed by atoms with Crippen molar-refractivity contribution in [2.45, 2.75) is 16.2 Å². The molecule has 4 rings (SSSR count). The van der Waals surface area contributed by atoms with Gasteiger partial charge in [-0.25, -0.2) is 4.98 Å². The van der Waals surface area contributed by atoms with E-state index in [1.54, 1.807) is 11.3 Å². The predicted octanol–water partition coefficient (Wildman–Crippen LogP) is 4.35. The Balaban J connectivity index is 1.93. The van der Waals surface area contributed by atoms with Crippen LogP contribution >= 0.6 is 23.1 Å². The van der Waals surface area contributed by atoms with Crippen LogP contribution < -0.4 is 0 Å². The number of fused-ring (bicyclic) bond motifs is 3. The van der Waals surface area contributed by atoms with E-state index in [2.05, 4.69) is 41.4 Å². The van der Waals surface area contributed by atoms with Gasteiger partial charge in [0, 0.05) is 9.79 Å². The Morgan fingerprint density at radius 2 is 1.94 bits per heavy atom. The summed E-state index contributed by atoms with van der Waals surface area (Å²) in [6.45, 7) is 0. The third kappa shape index (κ3) is 1.50. The van der Waals surface area contributed by atoms with Gasteiger partial charge in [-0.3, -0.25) is 0 Å². The summed E-state index contributed by atoms with van der Waals surface area (Å²) in [6.07, 6.45) is 1.05. The minimum atomic E-state index is 1.05. The highest BCUT2D eigenvalue weighted by Crippen LogP contribution is 2.41. The average molecular weight is 255 g/mol. The van der Waals surface area contributed by atoms with E-state index in [0.29, 0.717) is 0 Å². The number of hydrogen-bond donors (Lipinski definition) is 0. The molecule has 0 fully saturated rings. The molecule has 82 valence electrons. The van der Waals surface area contributed by atoms with E-state index in [9.17, 15) is 0 Å². The van der Waals surface area contributed by atoms with Crippen molar-refractivity contribution in [2.24, 2.45) is 0 Å². The van der Waals surface area contributed by atoms with Crippen molar-refractivity contribution in [1.82, 2.24) is 4.98 Å². The Hall–Kier alpha value is -1.32. The quantitative estimate of drug-likeness (QED) is 0.463. The highest BCUT2D eigenvalue weighted by Gasteiger charge is 2.16. The summed E-state index contributed by atoms with van der Waals surface area (Å²) >= 11 is 3.59. The first-order chi connectivity index (χ1) is 8.40. The van der Waals surface area contributed by atoms with Crippen LogP contribution in [-0.4, -0.2) is 4.98 Å². The summed E-state index contributed by atoms with van der Waals surface area (Å²) in [4.78, 5) is 7.13. The van der Waals surface area contributed by atoms with Gasteiger partial charge >= 0.3 is 0 Å². The molecule has 17 heavy (non-hydrogen) atoms. The fourth-order valence-electron chi connectivity index (χ4n) is 2.23. The van der Waals surface area contributed by atoms with Gasteiger partial charge in [-0.05, 0) is 35.7 Å². The van der Waals surface area contributed by atoms with E-state index in [0.717, 1.165) is 11.9 Å². The minimum Gasteiger partial charge on any atom is -0.245 e. The number of thiazole rings is 1. The standard InChI is InChI=1S/C14H9NS2/c1-2-4-12-9(3-1)5-10-6-14-11(15-8-16-14)7-13(10)17-12/h1-4,6-8H,5H2. The van der Waals surface area contributed by atoms with Crippen molar-refractivity contribution in [1.29, 1.82) is 0 Å². The van der Waals surface area contributed by atoms with Crippen LogP contribution in [0.15, 0.2) is 51.7 Å². The molecule has 0 amide bonds. The molecule has 0 bridgehead atoms. The van der Waals surface area contributed by atoms with Crippen molar-refractivity contribution in [2.75, 3.05) is 0 Å². The first-order valence-electron chi connectivity index (χ1n) is 5.52. The Morgan fingerprint density at radius 3 is 2.94 bits per heavy atom. The van der Waals surface area contributed by atoms with E-state index >= 15 is 0 Å². The number of nitrogens with zero attached hydrogens (tertiary/aromatic N) is 1. The predicted molar refractivity (Wildman–Crippen MR) is 73.0 cm³/mol. The number of rotatable bonds is 0. The van der Waals surface area contributed by atoms with Crippen LogP contribution in [0.5, 0.6) is 0 Å². The first-order valence-corrected chi connectivity index (χ1v) is 7.22. The summed E-state index contributed by atoms with van der Waals surface area (Å²) in [5.41, 5.74) is 5.92. The Morgan fingerprint density at radius 1 is 1.00 bits per heavy atom. The summed E-state index contributed by atoms with van der Waals surface area (Å²) in [5.74, 6) is 0. The number of hydrogen-bond acceptors (Lipinski definition) is 3. The minimum absolute atomic E-state index is 1.05. The first kappa shape index (κ1) is 9.68. The Kier molecular flexibility index (Phi) is 2.04. The topological polar surface area (TPSA) is 12.9 Å². The van der Waals surface area contributed by atoms with Gasteiger partial charge in [0.2, 0.25) is 0 Å². The van der Waals surface area contributed by atoms with Gasteiger partial charge in [-0.15, -0.1) is 11.3 Å². The number of benzene rings is 2. The van der Waals surface area contributed by atoms with Crippen molar-refractivity contribution < 1.29 is 0 Å². The van der Waals surface area contributed by atoms with Crippen molar-refractivity contribution in [3.8, 4) is 0 Å². The molecule has 0 aliphatic carbocycles. The molecule has 1 nitrogen and oxygen atoms in total. The normalized spacial score (nSPS) is 13.4. The van der Waals surface area contributed by atoms with Crippen molar-refractivity contribution in [3.05, 3.63) is 53.0 Å². The molecule has 0 atom stereocenters. The Labute approximate surface area is 108 Å². The lowest BCUT2D eigenvalue weighted by Crippen LogP contribution is -1.98. The van der Waals surface area contributed by atoms with Crippen LogP contribution in [0.3, 0.4) is 0 Å². The maximum Gasteiger partial charge on any atom is 0.0823 e. The summed E-state index contributed by atoms with van der Waals surface area (Å²) in [6, 6.07) is 13.2. The molecule has 0 saturated carbocycles. The van der Waals surface area contributed by atoms with Crippen molar-refractivity contribution >= 4 is 33.3 Å². The van der Waals surface area contributed by atoms with Crippen LogP contribution in [0, 0.1) is 0 Å². The molecule has 2 aromatic carbocycles. The molecule has 3 aromatic rings. The third-order valence-corrected chi connectivity index (χ3v) is 5.10. The van der Waals surface area contributed by atoms with Gasteiger partial charge in [-0.1, -0.05) is 30.0 Å². The van der Waals surface area contributed by atoms with E-state index < -0.39 is 0 Å². The zero-order chi connectivity index (χ0) is 11.2. The summed E-state index contributed by atoms with van der Waals surface area (Å²) in [5, 5.41) is 0. The second kappa shape index (κ2) is 3.59. The van der Waals surface area contributed by atoms with Crippen LogP contribution in [-0.2, 0) is 6.42 Å². The summed E-state index contributed by atoms with van der Waals surface area (Å²) in [7, 11) is 0. The molecule has 2 heterocycles. The van der Waals surface area contributed by atoms with Gasteiger partial charge in [-0.2, -0.15) is 0 Å². The molecular formula is C14H9NS2. The molecular weight excluding hydrogens is 246 g/mol. The van der Waals surface area contributed by atoms with Crippen LogP contribution in [0.1, 0.15) is 11.1 Å². The second-order valence-electron chi connectivity index (χ2n) is 4.17. The molecule has 1 aliphatic rings. The average Bonchev–Trinajstić information content (AvgIpc) is 2.80. The maximum atomic E-state index is 4.39. The molecule has 0 spiro atoms. The van der Waals surface area contributed by atoms with Gasteiger partial charge in [0.05, 0.1) is 15.7 Å². The van der Waals surface area contributed by atoms with Crippen LogP contribution in [0.25, 0.3) is 10.2 Å². The van der Waals surface area contributed by atoms with E-state index in [4.69, 9.17) is 0 Å². The van der Waals surface area contributed by atoms with E-state index in [-0.39, 0.29) is 0 Å². The molecule has 0 unspecified atom stereocenters. The summed E-state index contributed by atoms with van der Waals surface area (Å²) < 4.78 is 1.30. The van der Waals surface area contributed by atoms with Crippen molar-refractivity contribution in [3.63, 3.8) is 0 Å². The third-order valence-electron chi connectivity index (χ3n) is 3.09. The fraction of sp³-hybridized carbons (Fsp3) is 0.0714. The van der Waals surface area contributed by atoms with Gasteiger partial charge in [0.15, 0.2) is 0 Å². The van der Waals surface area contributed by atoms with Gasteiger partial charge in [0.25, 0.3) is 0 Å². The van der Waals surface area contributed by atoms with Crippen LogP contribution in [0.2, 0.25) is 0 Å². The second-order valence-corrected chi connectivity index (χ2v) is 6.14. The largest absolute Gasteiger partial charge is 0.245 e. The Bertz CT molecular complexity index is 656. The SMILES string of the molecule is c1ccc2c(c1)Cc1cc3scnc3cc1S2. The molecule has 0 radical (unpaired) electrons. The molecule has 0 saturated heterocycles. The smallest absolute Gasteiger partial charge is 0.0823 e. The lowest BCUT2D eigenvalue weighted by Gasteiger charge is -2.18. The highest BCUT2D eigenvalue weighted by molar-refractivity contribution is 7.99. The number of aromatic nitrogens is 1. The molecule has 1 aromatic heterocycles.